The Hall–Kier alpha value is -3.22. The fraction of sp³-hybridized carbons (Fsp3) is 0.462. The van der Waals surface area contributed by atoms with Crippen molar-refractivity contribution in [3.8, 4) is 17.2 Å². The van der Waals surface area contributed by atoms with Crippen molar-refractivity contribution in [3.05, 3.63) is 54.1 Å². The van der Waals surface area contributed by atoms with Crippen LogP contribution in [-0.4, -0.2) is 55.7 Å². The van der Waals surface area contributed by atoms with Crippen molar-refractivity contribution in [2.24, 2.45) is 0 Å². The first-order valence-corrected chi connectivity index (χ1v) is 11.2. The quantitative estimate of drug-likeness (QED) is 0.556. The Labute approximate surface area is 197 Å². The number of carbonyl (C=O) groups excluding carboxylic acids is 2. The number of rotatable bonds is 11. The van der Waals surface area contributed by atoms with Crippen LogP contribution in [0.1, 0.15) is 39.7 Å². The van der Waals surface area contributed by atoms with E-state index in [-0.39, 0.29) is 18.4 Å². The summed E-state index contributed by atoms with van der Waals surface area (Å²) in [6.45, 7) is 7.88. The molecule has 0 heterocycles. The molecule has 33 heavy (non-hydrogen) atoms. The minimum atomic E-state index is -0.594. The molecule has 7 heteroatoms. The summed E-state index contributed by atoms with van der Waals surface area (Å²) in [6, 6.07) is 14.4. The predicted molar refractivity (Wildman–Crippen MR) is 129 cm³/mol. The van der Waals surface area contributed by atoms with Gasteiger partial charge in [0.05, 0.1) is 14.2 Å². The largest absolute Gasteiger partial charge is 0.496 e. The molecule has 1 atom stereocenters. The number of hydrogen-bond donors (Lipinski definition) is 1. The summed E-state index contributed by atoms with van der Waals surface area (Å²) in [5, 5.41) is 3.00. The molecule has 180 valence electrons. The van der Waals surface area contributed by atoms with Gasteiger partial charge in [-0.3, -0.25) is 9.59 Å². The Balaban J connectivity index is 2.20. The predicted octanol–water partition coefficient (Wildman–Crippen LogP) is 3.85. The highest BCUT2D eigenvalue weighted by molar-refractivity contribution is 5.88. The van der Waals surface area contributed by atoms with E-state index < -0.39 is 11.6 Å². The molecular formula is C26H36N2O5. The van der Waals surface area contributed by atoms with E-state index in [4.69, 9.17) is 14.2 Å². The van der Waals surface area contributed by atoms with Crippen LogP contribution >= 0.6 is 0 Å². The Kier molecular flexibility index (Phi) is 9.57. The minimum Gasteiger partial charge on any atom is -0.496 e. The van der Waals surface area contributed by atoms with Gasteiger partial charge in [0, 0.05) is 30.3 Å². The highest BCUT2D eigenvalue weighted by atomic mass is 16.5. The van der Waals surface area contributed by atoms with Crippen molar-refractivity contribution in [1.29, 1.82) is 0 Å². The lowest BCUT2D eigenvalue weighted by atomic mass is 10.1. The van der Waals surface area contributed by atoms with E-state index in [2.05, 4.69) is 5.32 Å². The van der Waals surface area contributed by atoms with Gasteiger partial charge in [-0.15, -0.1) is 0 Å². The molecular weight excluding hydrogens is 420 g/mol. The van der Waals surface area contributed by atoms with E-state index in [1.807, 2.05) is 58.0 Å². The summed E-state index contributed by atoms with van der Waals surface area (Å²) < 4.78 is 16.3. The first kappa shape index (κ1) is 26.0. The van der Waals surface area contributed by atoms with Crippen LogP contribution in [0.25, 0.3) is 0 Å². The Bertz CT molecular complexity index is 886. The number of amides is 2. The molecule has 0 saturated heterocycles. The van der Waals surface area contributed by atoms with Crippen LogP contribution in [0.4, 0.5) is 0 Å². The lowest BCUT2D eigenvalue weighted by Gasteiger charge is -2.33. The summed E-state index contributed by atoms with van der Waals surface area (Å²) in [4.78, 5) is 27.9. The van der Waals surface area contributed by atoms with Gasteiger partial charge < -0.3 is 24.4 Å². The van der Waals surface area contributed by atoms with Crippen molar-refractivity contribution in [2.75, 3.05) is 27.4 Å². The van der Waals surface area contributed by atoms with Gasteiger partial charge in [-0.1, -0.05) is 37.3 Å². The first-order valence-electron chi connectivity index (χ1n) is 11.2. The van der Waals surface area contributed by atoms with Crippen LogP contribution in [-0.2, 0) is 16.0 Å². The lowest BCUT2D eigenvalue weighted by Crippen LogP contribution is -2.54. The normalized spacial score (nSPS) is 11.9. The second-order valence-corrected chi connectivity index (χ2v) is 8.82. The van der Waals surface area contributed by atoms with Crippen LogP contribution in [0, 0.1) is 0 Å². The number of carbonyl (C=O) groups is 2. The van der Waals surface area contributed by atoms with Gasteiger partial charge in [0.15, 0.2) is 6.61 Å². The van der Waals surface area contributed by atoms with Gasteiger partial charge in [-0.05, 0) is 39.2 Å². The average molecular weight is 457 g/mol. The Morgan fingerprint density at radius 3 is 2.06 bits per heavy atom. The number of benzene rings is 2. The first-order chi connectivity index (χ1) is 15.7. The van der Waals surface area contributed by atoms with Crippen molar-refractivity contribution in [2.45, 2.75) is 52.1 Å². The SMILES string of the molecule is CC[C@@H](C(=O)NC(C)(C)C)N(CCc1ccccc1)C(=O)COc1cc(OC)cc(OC)c1. The lowest BCUT2D eigenvalue weighted by molar-refractivity contribution is -0.142. The average Bonchev–Trinajstić information content (AvgIpc) is 2.79. The van der Waals surface area contributed by atoms with Crippen LogP contribution in [0.5, 0.6) is 17.2 Å². The number of nitrogens with zero attached hydrogens (tertiary/aromatic N) is 1. The van der Waals surface area contributed by atoms with Gasteiger partial charge in [0.2, 0.25) is 5.91 Å². The molecule has 2 aromatic carbocycles. The summed E-state index contributed by atoms with van der Waals surface area (Å²) in [5.41, 5.74) is 0.701. The van der Waals surface area contributed by atoms with Gasteiger partial charge in [0.25, 0.3) is 5.91 Å². The second-order valence-electron chi connectivity index (χ2n) is 8.82. The van der Waals surface area contributed by atoms with Gasteiger partial charge in [0.1, 0.15) is 23.3 Å². The highest BCUT2D eigenvalue weighted by Gasteiger charge is 2.30. The van der Waals surface area contributed by atoms with Crippen LogP contribution in [0.15, 0.2) is 48.5 Å². The second kappa shape index (κ2) is 12.1. The Morgan fingerprint density at radius 2 is 1.55 bits per heavy atom. The molecule has 0 fully saturated rings. The van der Waals surface area contributed by atoms with Crippen molar-refractivity contribution < 1.29 is 23.8 Å². The molecule has 2 amide bonds. The van der Waals surface area contributed by atoms with Crippen LogP contribution < -0.4 is 19.5 Å². The molecule has 7 nitrogen and oxygen atoms in total. The van der Waals surface area contributed by atoms with Gasteiger partial charge in [-0.2, -0.15) is 0 Å². The number of nitrogens with one attached hydrogen (secondary N) is 1. The molecule has 0 saturated carbocycles. The monoisotopic (exact) mass is 456 g/mol. The summed E-state index contributed by atoms with van der Waals surface area (Å²) in [5.74, 6) is 1.15. The Morgan fingerprint density at radius 1 is 0.970 bits per heavy atom. The summed E-state index contributed by atoms with van der Waals surface area (Å²) in [6.07, 6.45) is 1.13. The molecule has 0 aliphatic rings. The topological polar surface area (TPSA) is 77.1 Å². The smallest absolute Gasteiger partial charge is 0.261 e. The molecule has 0 aromatic heterocycles. The fourth-order valence-electron chi connectivity index (χ4n) is 3.44. The van der Waals surface area contributed by atoms with Crippen LogP contribution in [0.3, 0.4) is 0 Å². The molecule has 2 rings (SSSR count). The summed E-state index contributed by atoms with van der Waals surface area (Å²) in [7, 11) is 3.10. The zero-order chi connectivity index (χ0) is 24.4. The van der Waals surface area contributed by atoms with E-state index in [1.54, 1.807) is 37.3 Å². The maximum absolute atomic E-state index is 13.3. The van der Waals surface area contributed by atoms with Crippen molar-refractivity contribution in [1.82, 2.24) is 10.2 Å². The van der Waals surface area contributed by atoms with Crippen LogP contribution in [0.2, 0.25) is 0 Å². The van der Waals surface area contributed by atoms with E-state index >= 15 is 0 Å². The number of ether oxygens (including phenoxy) is 3. The van der Waals surface area contributed by atoms with Crippen molar-refractivity contribution >= 4 is 11.8 Å². The van der Waals surface area contributed by atoms with E-state index in [0.717, 1.165) is 5.56 Å². The maximum Gasteiger partial charge on any atom is 0.261 e. The standard InChI is InChI=1S/C26H36N2O5/c1-7-23(25(30)27-26(2,3)4)28(14-13-19-11-9-8-10-12-19)24(29)18-33-22-16-20(31-5)15-21(17-22)32-6/h8-12,15-17,23H,7,13-14,18H2,1-6H3,(H,27,30)/t23-/m0/s1. The third kappa shape index (κ3) is 8.33. The fourth-order valence-corrected chi connectivity index (χ4v) is 3.44. The third-order valence-electron chi connectivity index (χ3n) is 5.06. The minimum absolute atomic E-state index is 0.172. The molecule has 0 bridgehead atoms. The molecule has 0 radical (unpaired) electrons. The van der Waals surface area contributed by atoms with Crippen molar-refractivity contribution in [3.63, 3.8) is 0 Å². The summed E-state index contributed by atoms with van der Waals surface area (Å²) >= 11 is 0. The molecule has 0 spiro atoms. The third-order valence-corrected chi connectivity index (χ3v) is 5.06. The molecule has 0 unspecified atom stereocenters. The molecule has 0 aliphatic heterocycles. The number of hydrogen-bond acceptors (Lipinski definition) is 5. The maximum atomic E-state index is 13.3. The highest BCUT2D eigenvalue weighted by Crippen LogP contribution is 2.27. The molecule has 2 aromatic rings. The molecule has 0 aliphatic carbocycles. The van der Waals surface area contributed by atoms with E-state index in [0.29, 0.717) is 36.6 Å². The zero-order valence-electron chi connectivity index (χ0n) is 20.5. The van der Waals surface area contributed by atoms with E-state index in [9.17, 15) is 9.59 Å². The van der Waals surface area contributed by atoms with E-state index in [1.165, 1.54) is 0 Å². The van der Waals surface area contributed by atoms with Gasteiger partial charge >= 0.3 is 0 Å². The number of methoxy groups -OCH3 is 2. The zero-order valence-corrected chi connectivity index (χ0v) is 20.5. The molecule has 1 N–H and O–H groups in total. The van der Waals surface area contributed by atoms with Gasteiger partial charge in [-0.25, -0.2) is 0 Å².